The van der Waals surface area contributed by atoms with Crippen LogP contribution in [0.2, 0.25) is 0 Å². The first kappa shape index (κ1) is 14.4. The molecule has 1 aromatic rings. The Kier molecular flexibility index (Phi) is 7.11. The topological polar surface area (TPSA) is 0 Å². The van der Waals surface area contributed by atoms with Crippen LogP contribution in [0, 0.1) is 0 Å². The molecule has 0 radical (unpaired) electrons. The highest BCUT2D eigenvalue weighted by molar-refractivity contribution is 7.99. The van der Waals surface area contributed by atoms with Crippen molar-refractivity contribution in [2.75, 3.05) is 5.75 Å². The van der Waals surface area contributed by atoms with Crippen LogP contribution in [-0.2, 0) is 0 Å². The molecule has 0 saturated carbocycles. The maximum atomic E-state index is 2.30. The maximum Gasteiger partial charge on any atom is 0.00721 e. The van der Waals surface area contributed by atoms with Gasteiger partial charge in [0.2, 0.25) is 0 Å². The SMILES string of the molecule is CC/C=C\CC(C)c1ccc(SCCC)cc1. The third-order valence-electron chi connectivity index (χ3n) is 2.81. The molecule has 0 amide bonds. The lowest BCUT2D eigenvalue weighted by Crippen LogP contribution is -1.91. The summed E-state index contributed by atoms with van der Waals surface area (Å²) in [6, 6.07) is 9.08. The van der Waals surface area contributed by atoms with E-state index in [0.29, 0.717) is 5.92 Å². The van der Waals surface area contributed by atoms with Gasteiger partial charge in [0, 0.05) is 4.90 Å². The molecule has 1 rings (SSSR count). The summed E-state index contributed by atoms with van der Waals surface area (Å²) >= 11 is 1.95. The fraction of sp³-hybridized carbons (Fsp3) is 0.500. The quantitative estimate of drug-likeness (QED) is 0.444. The molecule has 0 N–H and O–H groups in total. The minimum Gasteiger partial charge on any atom is -0.126 e. The van der Waals surface area contributed by atoms with Gasteiger partial charge < -0.3 is 0 Å². The van der Waals surface area contributed by atoms with Crippen LogP contribution < -0.4 is 0 Å². The first-order valence-electron chi connectivity index (χ1n) is 6.65. The second kappa shape index (κ2) is 8.41. The average molecular weight is 248 g/mol. The lowest BCUT2D eigenvalue weighted by atomic mass is 9.98. The first-order chi connectivity index (χ1) is 8.27. The average Bonchev–Trinajstić information content (AvgIpc) is 2.37. The highest BCUT2D eigenvalue weighted by Crippen LogP contribution is 2.24. The van der Waals surface area contributed by atoms with E-state index in [-0.39, 0.29) is 0 Å². The molecule has 1 aromatic carbocycles. The van der Waals surface area contributed by atoms with Gasteiger partial charge in [0.25, 0.3) is 0 Å². The second-order valence-electron chi connectivity index (χ2n) is 4.43. The zero-order valence-electron chi connectivity index (χ0n) is 11.3. The first-order valence-corrected chi connectivity index (χ1v) is 7.64. The third kappa shape index (κ3) is 5.45. The predicted molar refractivity (Wildman–Crippen MR) is 79.9 cm³/mol. The van der Waals surface area contributed by atoms with Crippen LogP contribution in [0.15, 0.2) is 41.3 Å². The fourth-order valence-electron chi connectivity index (χ4n) is 1.72. The van der Waals surface area contributed by atoms with Crippen molar-refractivity contribution < 1.29 is 0 Å². The molecule has 0 fully saturated rings. The van der Waals surface area contributed by atoms with Gasteiger partial charge in [-0.2, -0.15) is 0 Å². The molecule has 0 aromatic heterocycles. The normalized spacial score (nSPS) is 13.1. The van der Waals surface area contributed by atoms with Crippen LogP contribution in [-0.4, -0.2) is 5.75 Å². The number of thioether (sulfide) groups is 1. The standard InChI is InChI=1S/C16H24S/c1-4-6-7-8-14(3)15-9-11-16(12-10-15)17-13-5-2/h6-7,9-12,14H,4-5,8,13H2,1-3H3/b7-6-. The molecular formula is C16H24S. The number of hydrogen-bond acceptors (Lipinski definition) is 1. The van der Waals surface area contributed by atoms with Gasteiger partial charge in [-0.3, -0.25) is 0 Å². The van der Waals surface area contributed by atoms with Gasteiger partial charge in [0.05, 0.1) is 0 Å². The molecule has 0 nitrogen and oxygen atoms in total. The van der Waals surface area contributed by atoms with Crippen LogP contribution in [0.4, 0.5) is 0 Å². The summed E-state index contributed by atoms with van der Waals surface area (Å²) in [6.45, 7) is 6.71. The van der Waals surface area contributed by atoms with E-state index >= 15 is 0 Å². The van der Waals surface area contributed by atoms with Crippen molar-refractivity contribution in [2.24, 2.45) is 0 Å². The summed E-state index contributed by atoms with van der Waals surface area (Å²) in [7, 11) is 0. The van der Waals surface area contributed by atoms with Crippen molar-refractivity contribution in [1.82, 2.24) is 0 Å². The van der Waals surface area contributed by atoms with Gasteiger partial charge >= 0.3 is 0 Å². The minimum atomic E-state index is 0.628. The molecule has 0 saturated heterocycles. The van der Waals surface area contributed by atoms with E-state index in [4.69, 9.17) is 0 Å². The van der Waals surface area contributed by atoms with Crippen molar-refractivity contribution in [2.45, 2.75) is 50.8 Å². The number of benzene rings is 1. The smallest absolute Gasteiger partial charge is 0.00721 e. The Hall–Kier alpha value is -0.690. The van der Waals surface area contributed by atoms with E-state index in [1.165, 1.54) is 22.6 Å². The molecular weight excluding hydrogens is 224 g/mol. The lowest BCUT2D eigenvalue weighted by molar-refractivity contribution is 0.777. The van der Waals surface area contributed by atoms with Crippen LogP contribution in [0.5, 0.6) is 0 Å². The van der Waals surface area contributed by atoms with Gasteiger partial charge in [-0.1, -0.05) is 45.1 Å². The summed E-state index contributed by atoms with van der Waals surface area (Å²) in [6.07, 6.45) is 8.08. The van der Waals surface area contributed by atoms with Crippen LogP contribution in [0.1, 0.15) is 51.5 Å². The van der Waals surface area contributed by atoms with Crippen LogP contribution >= 0.6 is 11.8 Å². The van der Waals surface area contributed by atoms with Gasteiger partial charge in [-0.15, -0.1) is 11.8 Å². The highest BCUT2D eigenvalue weighted by Gasteiger charge is 2.03. The van der Waals surface area contributed by atoms with Crippen molar-refractivity contribution in [3.8, 4) is 0 Å². The molecule has 0 aliphatic heterocycles. The van der Waals surface area contributed by atoms with E-state index in [0.717, 1.165) is 12.8 Å². The van der Waals surface area contributed by atoms with Crippen molar-refractivity contribution in [1.29, 1.82) is 0 Å². The molecule has 0 aliphatic carbocycles. The Bertz CT molecular complexity index is 324. The summed E-state index contributed by atoms with van der Waals surface area (Å²) in [5.41, 5.74) is 1.45. The monoisotopic (exact) mass is 248 g/mol. The Morgan fingerprint density at radius 2 is 1.82 bits per heavy atom. The molecule has 1 atom stereocenters. The van der Waals surface area contributed by atoms with Crippen molar-refractivity contribution in [3.05, 3.63) is 42.0 Å². The van der Waals surface area contributed by atoms with Crippen LogP contribution in [0.3, 0.4) is 0 Å². The van der Waals surface area contributed by atoms with E-state index in [9.17, 15) is 0 Å². The Balaban J connectivity index is 2.51. The molecule has 0 heterocycles. The predicted octanol–water partition coefficient (Wildman–Crippen LogP) is 5.65. The van der Waals surface area contributed by atoms with E-state index in [2.05, 4.69) is 57.2 Å². The number of hydrogen-bond donors (Lipinski definition) is 0. The third-order valence-corrected chi connectivity index (χ3v) is 4.03. The minimum absolute atomic E-state index is 0.628. The summed E-state index contributed by atoms with van der Waals surface area (Å²) in [5, 5.41) is 0. The Labute approximate surface area is 111 Å². The Morgan fingerprint density at radius 3 is 2.41 bits per heavy atom. The summed E-state index contributed by atoms with van der Waals surface area (Å²) in [5.74, 6) is 1.84. The maximum absolute atomic E-state index is 2.30. The van der Waals surface area contributed by atoms with Crippen molar-refractivity contribution in [3.63, 3.8) is 0 Å². The molecule has 0 bridgehead atoms. The molecule has 17 heavy (non-hydrogen) atoms. The summed E-state index contributed by atoms with van der Waals surface area (Å²) < 4.78 is 0. The highest BCUT2D eigenvalue weighted by atomic mass is 32.2. The van der Waals surface area contributed by atoms with Gasteiger partial charge in [0.1, 0.15) is 0 Å². The van der Waals surface area contributed by atoms with Gasteiger partial charge in [0.15, 0.2) is 0 Å². The molecule has 94 valence electrons. The number of rotatable bonds is 7. The second-order valence-corrected chi connectivity index (χ2v) is 5.60. The van der Waals surface area contributed by atoms with Crippen LogP contribution in [0.25, 0.3) is 0 Å². The zero-order valence-corrected chi connectivity index (χ0v) is 12.1. The number of allylic oxidation sites excluding steroid dienone is 2. The molecule has 1 heteroatoms. The van der Waals surface area contributed by atoms with E-state index in [1.807, 2.05) is 11.8 Å². The van der Waals surface area contributed by atoms with Gasteiger partial charge in [-0.05, 0) is 48.6 Å². The largest absolute Gasteiger partial charge is 0.126 e. The van der Waals surface area contributed by atoms with E-state index in [1.54, 1.807) is 0 Å². The molecule has 1 unspecified atom stereocenters. The summed E-state index contributed by atoms with van der Waals surface area (Å²) in [4.78, 5) is 1.40. The van der Waals surface area contributed by atoms with Crippen molar-refractivity contribution >= 4 is 11.8 Å². The fourth-order valence-corrected chi connectivity index (χ4v) is 2.48. The zero-order chi connectivity index (χ0) is 12.5. The van der Waals surface area contributed by atoms with E-state index < -0.39 is 0 Å². The Morgan fingerprint density at radius 1 is 1.12 bits per heavy atom. The molecule has 0 spiro atoms. The van der Waals surface area contributed by atoms with Gasteiger partial charge in [-0.25, -0.2) is 0 Å². The molecule has 0 aliphatic rings. The lowest BCUT2D eigenvalue weighted by Gasteiger charge is -2.10.